The molecule has 0 saturated heterocycles. The number of fused-ring (bicyclic) bond motifs is 5. The Balaban J connectivity index is 1.24. The topological polar surface area (TPSA) is 33.2 Å². The summed E-state index contributed by atoms with van der Waals surface area (Å²) < 4.78 is 15.1. The Hall–Kier alpha value is -6.28. The van der Waals surface area contributed by atoms with Crippen LogP contribution in [0.2, 0.25) is 0 Å². The van der Waals surface area contributed by atoms with E-state index >= 15 is 4.57 Å². The lowest BCUT2D eigenvalue weighted by molar-refractivity contribution is 0.592. The smallest absolute Gasteiger partial charge is 0.171 e. The van der Waals surface area contributed by atoms with Gasteiger partial charge in [-0.1, -0.05) is 158 Å². The van der Waals surface area contributed by atoms with Gasteiger partial charge in [-0.25, -0.2) is 4.98 Å². The standard InChI is InChI=1S/C47H33N2OP/c50-51(39-20-9-3-10-21-39,40-22-11-4-12-23-40)41-29-25-35(26-30-41)47-43-31-27-34-15-13-14-24-42(34)46(43)44-33-38(28-32-45(44)48-47)49(36-16-5-1-6-17-36)37-18-7-2-8-19-37/h1-33H. The van der Waals surface area contributed by atoms with E-state index in [2.05, 4.69) is 120 Å². The maximum atomic E-state index is 15.1. The summed E-state index contributed by atoms with van der Waals surface area (Å²) in [5, 5.41) is 8.13. The van der Waals surface area contributed by atoms with Gasteiger partial charge in [0.15, 0.2) is 7.14 Å². The molecule has 0 aliphatic carbocycles. The predicted octanol–water partition coefficient (Wildman–Crippen LogP) is 11.3. The van der Waals surface area contributed by atoms with Crippen molar-refractivity contribution in [1.82, 2.24) is 4.98 Å². The molecule has 1 aromatic heterocycles. The summed E-state index contributed by atoms with van der Waals surface area (Å²) in [6.45, 7) is 0. The highest BCUT2D eigenvalue weighted by molar-refractivity contribution is 7.85. The Bertz CT molecular complexity index is 2610. The Morgan fingerprint density at radius 2 is 0.941 bits per heavy atom. The fraction of sp³-hybridized carbons (Fsp3) is 0. The predicted molar refractivity (Wildman–Crippen MR) is 216 cm³/mol. The van der Waals surface area contributed by atoms with Gasteiger partial charge in [0.25, 0.3) is 0 Å². The quantitative estimate of drug-likeness (QED) is 0.125. The van der Waals surface area contributed by atoms with Crippen LogP contribution in [-0.2, 0) is 4.57 Å². The van der Waals surface area contributed by atoms with Crippen molar-refractivity contribution in [2.45, 2.75) is 0 Å². The van der Waals surface area contributed by atoms with Crippen LogP contribution in [0.1, 0.15) is 0 Å². The van der Waals surface area contributed by atoms with Gasteiger partial charge in [0.1, 0.15) is 0 Å². The minimum Gasteiger partial charge on any atom is -0.310 e. The maximum absolute atomic E-state index is 15.1. The van der Waals surface area contributed by atoms with Gasteiger partial charge in [0, 0.05) is 54.7 Å². The first-order valence-corrected chi connectivity index (χ1v) is 18.9. The van der Waals surface area contributed by atoms with E-state index in [1.165, 1.54) is 16.2 Å². The van der Waals surface area contributed by atoms with Gasteiger partial charge in [-0.2, -0.15) is 0 Å². The average Bonchev–Trinajstić information content (AvgIpc) is 3.21. The molecule has 1 heterocycles. The van der Waals surface area contributed by atoms with E-state index in [1.54, 1.807) is 0 Å². The zero-order chi connectivity index (χ0) is 34.2. The number of rotatable bonds is 7. The lowest BCUT2D eigenvalue weighted by atomic mass is 9.95. The van der Waals surface area contributed by atoms with Gasteiger partial charge >= 0.3 is 0 Å². The number of hydrogen-bond donors (Lipinski definition) is 0. The molecule has 3 nitrogen and oxygen atoms in total. The van der Waals surface area contributed by atoms with Crippen LogP contribution in [0.5, 0.6) is 0 Å². The molecule has 0 spiro atoms. The SMILES string of the molecule is O=P(c1ccccc1)(c1ccccc1)c1ccc(-c2nc3ccc(N(c4ccccc4)c4ccccc4)cc3c3c2ccc2ccccc23)cc1. The van der Waals surface area contributed by atoms with Gasteiger partial charge < -0.3 is 9.46 Å². The molecule has 4 heteroatoms. The van der Waals surface area contributed by atoms with Crippen molar-refractivity contribution in [2.24, 2.45) is 0 Å². The zero-order valence-electron chi connectivity index (χ0n) is 27.8. The maximum Gasteiger partial charge on any atom is 0.171 e. The molecule has 0 saturated carbocycles. The average molecular weight is 673 g/mol. The summed E-state index contributed by atoms with van der Waals surface area (Å²) in [6.07, 6.45) is 0. The van der Waals surface area contributed by atoms with E-state index in [4.69, 9.17) is 4.98 Å². The van der Waals surface area contributed by atoms with Crippen LogP contribution in [0.4, 0.5) is 17.1 Å². The molecule has 0 bridgehead atoms. The second-order valence-electron chi connectivity index (χ2n) is 12.7. The largest absolute Gasteiger partial charge is 0.310 e. The Labute approximate surface area is 297 Å². The van der Waals surface area contributed by atoms with Crippen molar-refractivity contribution in [3.8, 4) is 11.3 Å². The van der Waals surface area contributed by atoms with E-state index < -0.39 is 7.14 Å². The molecular formula is C47H33N2OP. The lowest BCUT2D eigenvalue weighted by Gasteiger charge is -2.26. The molecule has 0 fully saturated rings. The Kier molecular flexibility index (Phi) is 7.76. The van der Waals surface area contributed by atoms with E-state index in [0.29, 0.717) is 0 Å². The number of aromatic nitrogens is 1. The minimum absolute atomic E-state index is 0.797. The minimum atomic E-state index is -3.10. The van der Waals surface area contributed by atoms with Crippen LogP contribution in [-0.4, -0.2) is 4.98 Å². The van der Waals surface area contributed by atoms with Crippen LogP contribution in [0.25, 0.3) is 43.7 Å². The highest BCUT2D eigenvalue weighted by atomic mass is 31.2. The molecule has 0 aliphatic rings. The molecule has 0 atom stereocenters. The number of para-hydroxylation sites is 2. The first-order valence-electron chi connectivity index (χ1n) is 17.2. The van der Waals surface area contributed by atoms with Crippen molar-refractivity contribution in [3.05, 3.63) is 200 Å². The first-order chi connectivity index (χ1) is 25.2. The Morgan fingerprint density at radius 3 is 1.55 bits per heavy atom. The van der Waals surface area contributed by atoms with Crippen molar-refractivity contribution in [3.63, 3.8) is 0 Å². The number of hydrogen-bond acceptors (Lipinski definition) is 3. The summed E-state index contributed by atoms with van der Waals surface area (Å²) in [7, 11) is -3.10. The van der Waals surface area contributed by atoms with E-state index in [1.807, 2.05) is 84.9 Å². The van der Waals surface area contributed by atoms with Crippen molar-refractivity contribution in [2.75, 3.05) is 4.90 Å². The summed E-state index contributed by atoms with van der Waals surface area (Å²) in [6, 6.07) is 68.4. The van der Waals surface area contributed by atoms with Crippen molar-refractivity contribution >= 4 is 72.6 Å². The molecular weight excluding hydrogens is 640 g/mol. The third-order valence-corrected chi connectivity index (χ3v) is 12.8. The van der Waals surface area contributed by atoms with E-state index in [-0.39, 0.29) is 0 Å². The van der Waals surface area contributed by atoms with E-state index in [0.717, 1.165) is 60.5 Å². The molecule has 0 amide bonds. The molecule has 0 unspecified atom stereocenters. The molecule has 0 aliphatic heterocycles. The molecule has 9 rings (SSSR count). The molecule has 9 aromatic rings. The van der Waals surface area contributed by atoms with E-state index in [9.17, 15) is 0 Å². The second kappa shape index (κ2) is 12.9. The summed E-state index contributed by atoms with van der Waals surface area (Å²) in [5.41, 5.74) is 6.04. The number of nitrogens with zero attached hydrogens (tertiary/aromatic N) is 2. The Morgan fingerprint density at radius 1 is 0.412 bits per heavy atom. The number of pyridine rings is 1. The van der Waals surface area contributed by atoms with Crippen LogP contribution < -0.4 is 20.8 Å². The van der Waals surface area contributed by atoms with Crippen LogP contribution in [0.15, 0.2) is 200 Å². The third-order valence-electron chi connectivity index (χ3n) is 9.70. The normalized spacial score (nSPS) is 11.6. The van der Waals surface area contributed by atoms with Crippen LogP contribution in [0.3, 0.4) is 0 Å². The molecule has 51 heavy (non-hydrogen) atoms. The van der Waals surface area contributed by atoms with Gasteiger partial charge in [0.05, 0.1) is 11.2 Å². The molecule has 8 aromatic carbocycles. The van der Waals surface area contributed by atoms with Crippen molar-refractivity contribution < 1.29 is 4.57 Å². The lowest BCUT2D eigenvalue weighted by Crippen LogP contribution is -2.24. The highest BCUT2D eigenvalue weighted by Crippen LogP contribution is 2.44. The van der Waals surface area contributed by atoms with Gasteiger partial charge in [-0.05, 0) is 53.2 Å². The van der Waals surface area contributed by atoms with Gasteiger partial charge in [0.2, 0.25) is 0 Å². The van der Waals surface area contributed by atoms with Crippen LogP contribution >= 0.6 is 7.14 Å². The summed E-state index contributed by atoms with van der Waals surface area (Å²) in [4.78, 5) is 7.64. The number of benzene rings is 8. The van der Waals surface area contributed by atoms with Crippen LogP contribution in [0, 0.1) is 0 Å². The second-order valence-corrected chi connectivity index (χ2v) is 15.5. The van der Waals surface area contributed by atoms with Crippen molar-refractivity contribution in [1.29, 1.82) is 0 Å². The summed E-state index contributed by atoms with van der Waals surface area (Å²) >= 11 is 0. The number of anilines is 3. The molecule has 0 radical (unpaired) electrons. The fourth-order valence-electron chi connectivity index (χ4n) is 7.27. The zero-order valence-corrected chi connectivity index (χ0v) is 28.7. The van der Waals surface area contributed by atoms with Gasteiger partial charge in [-0.3, -0.25) is 0 Å². The molecule has 242 valence electrons. The molecule has 0 N–H and O–H groups in total. The van der Waals surface area contributed by atoms with Gasteiger partial charge in [-0.15, -0.1) is 0 Å². The fourth-order valence-corrected chi connectivity index (χ4v) is 9.92. The summed E-state index contributed by atoms with van der Waals surface area (Å²) in [5.74, 6) is 0. The third kappa shape index (κ3) is 5.40. The highest BCUT2D eigenvalue weighted by Gasteiger charge is 2.29. The monoisotopic (exact) mass is 672 g/mol. The first kappa shape index (κ1) is 30.8.